The largest absolute Gasteiger partial charge is 0.447 e. The molecule has 0 saturated carbocycles. The van der Waals surface area contributed by atoms with Gasteiger partial charge in [-0.05, 0) is 43.0 Å². The Kier molecular flexibility index (Phi) is 6.07. The number of amides is 1. The molecule has 1 aliphatic rings. The van der Waals surface area contributed by atoms with E-state index in [-0.39, 0.29) is 11.8 Å². The Labute approximate surface area is 189 Å². The highest BCUT2D eigenvalue weighted by atomic mass is 35.5. The smallest absolute Gasteiger partial charge is 0.247 e. The standard InChI is InChI=1S/C22H18ClN5O2S/c1-3-4-18(29)28-17-10-9-15(23)11-16(17)19-20(25-22(31-2)27-26-19)30-21(28)14-7-5-13(12-24)6-8-14/h5-11,21H,3-4H2,1-2H3/t21-/m1/s1. The Morgan fingerprint density at radius 3 is 2.71 bits per heavy atom. The summed E-state index contributed by atoms with van der Waals surface area (Å²) in [5, 5.41) is 18.6. The Hall–Kier alpha value is -3.15. The molecule has 0 spiro atoms. The SMILES string of the molecule is CCCC(=O)N1c2ccc(Cl)cc2-c2nnc(SC)nc2O[C@@H]1c1ccc(C#N)cc1. The van der Waals surface area contributed by atoms with Crippen molar-refractivity contribution in [3.8, 4) is 23.2 Å². The van der Waals surface area contributed by atoms with Gasteiger partial charge in [-0.25, -0.2) is 0 Å². The van der Waals surface area contributed by atoms with Gasteiger partial charge in [-0.1, -0.05) is 42.4 Å². The van der Waals surface area contributed by atoms with Crippen molar-refractivity contribution in [3.05, 3.63) is 58.6 Å². The normalized spacial score (nSPS) is 14.6. The van der Waals surface area contributed by atoms with Gasteiger partial charge in [0, 0.05) is 22.6 Å². The van der Waals surface area contributed by atoms with Crippen LogP contribution in [0.2, 0.25) is 5.02 Å². The number of thioether (sulfide) groups is 1. The van der Waals surface area contributed by atoms with Crippen molar-refractivity contribution < 1.29 is 9.53 Å². The second-order valence-electron chi connectivity index (χ2n) is 6.83. The molecule has 4 rings (SSSR count). The summed E-state index contributed by atoms with van der Waals surface area (Å²) in [6.45, 7) is 1.95. The van der Waals surface area contributed by atoms with Crippen LogP contribution in [0.25, 0.3) is 11.3 Å². The quantitative estimate of drug-likeness (QED) is 0.514. The maximum atomic E-state index is 13.3. The van der Waals surface area contributed by atoms with E-state index in [4.69, 9.17) is 21.6 Å². The second kappa shape index (κ2) is 8.92. The molecular formula is C22H18ClN5O2S. The van der Waals surface area contributed by atoms with E-state index >= 15 is 0 Å². The lowest BCUT2D eigenvalue weighted by Gasteiger charge is -2.31. The number of nitrogens with zero attached hydrogens (tertiary/aromatic N) is 5. The van der Waals surface area contributed by atoms with Crippen molar-refractivity contribution in [3.63, 3.8) is 0 Å². The van der Waals surface area contributed by atoms with Crippen LogP contribution < -0.4 is 9.64 Å². The monoisotopic (exact) mass is 451 g/mol. The third kappa shape index (κ3) is 4.07. The van der Waals surface area contributed by atoms with Crippen molar-refractivity contribution in [2.75, 3.05) is 11.2 Å². The molecule has 1 aliphatic heterocycles. The molecule has 0 radical (unpaired) electrons. The number of aromatic nitrogens is 3. The molecule has 2 aromatic carbocycles. The Morgan fingerprint density at radius 1 is 1.26 bits per heavy atom. The van der Waals surface area contributed by atoms with Crippen LogP contribution in [0.3, 0.4) is 0 Å². The number of fused-ring (bicyclic) bond motifs is 3. The average molecular weight is 452 g/mol. The molecule has 3 aromatic rings. The van der Waals surface area contributed by atoms with Crippen LogP contribution in [0.15, 0.2) is 47.6 Å². The third-order valence-corrected chi connectivity index (χ3v) is 5.58. The molecule has 1 aromatic heterocycles. The molecule has 0 bridgehead atoms. The third-order valence-electron chi connectivity index (χ3n) is 4.81. The molecule has 0 N–H and O–H groups in total. The molecule has 7 nitrogen and oxygen atoms in total. The van der Waals surface area contributed by atoms with Crippen LogP contribution in [0.1, 0.15) is 37.1 Å². The van der Waals surface area contributed by atoms with E-state index in [9.17, 15) is 4.79 Å². The molecular weight excluding hydrogens is 434 g/mol. The topological polar surface area (TPSA) is 92.0 Å². The van der Waals surface area contributed by atoms with Crippen molar-refractivity contribution in [2.45, 2.75) is 31.1 Å². The first-order valence-electron chi connectivity index (χ1n) is 9.63. The zero-order valence-corrected chi connectivity index (χ0v) is 18.4. The van der Waals surface area contributed by atoms with Gasteiger partial charge >= 0.3 is 0 Å². The molecule has 2 heterocycles. The summed E-state index contributed by atoms with van der Waals surface area (Å²) < 4.78 is 6.31. The van der Waals surface area contributed by atoms with Gasteiger partial charge in [0.15, 0.2) is 5.69 Å². The van der Waals surface area contributed by atoms with Gasteiger partial charge in [0.05, 0.1) is 17.3 Å². The molecule has 0 saturated heterocycles. The van der Waals surface area contributed by atoms with Gasteiger partial charge in [-0.3, -0.25) is 9.69 Å². The predicted octanol–water partition coefficient (Wildman–Crippen LogP) is 5.01. The lowest BCUT2D eigenvalue weighted by Crippen LogP contribution is -2.37. The summed E-state index contributed by atoms with van der Waals surface area (Å²) in [5.74, 6) is 0.162. The highest BCUT2D eigenvalue weighted by Crippen LogP contribution is 2.44. The van der Waals surface area contributed by atoms with Crippen LogP contribution >= 0.6 is 23.4 Å². The molecule has 156 valence electrons. The first-order valence-corrected chi connectivity index (χ1v) is 11.2. The van der Waals surface area contributed by atoms with Crippen molar-refractivity contribution in [2.24, 2.45) is 0 Å². The minimum Gasteiger partial charge on any atom is -0.447 e. The van der Waals surface area contributed by atoms with Crippen LogP contribution in [-0.2, 0) is 4.79 Å². The van der Waals surface area contributed by atoms with E-state index in [1.165, 1.54) is 11.8 Å². The van der Waals surface area contributed by atoms with Gasteiger partial charge in [0.25, 0.3) is 0 Å². The zero-order chi connectivity index (χ0) is 22.0. The van der Waals surface area contributed by atoms with Gasteiger partial charge < -0.3 is 4.74 Å². The Balaban J connectivity index is 1.96. The Bertz CT molecular complexity index is 1180. The number of carbonyl (C=O) groups is 1. The fraction of sp³-hybridized carbons (Fsp3) is 0.227. The number of halogens is 1. The fourth-order valence-corrected chi connectivity index (χ4v) is 3.84. The van der Waals surface area contributed by atoms with Gasteiger partial charge in [0.1, 0.15) is 0 Å². The molecule has 1 amide bonds. The van der Waals surface area contributed by atoms with E-state index < -0.39 is 6.23 Å². The maximum absolute atomic E-state index is 13.3. The van der Waals surface area contributed by atoms with E-state index in [1.54, 1.807) is 47.4 Å². The number of benzene rings is 2. The summed E-state index contributed by atoms with van der Waals surface area (Å²) >= 11 is 7.63. The van der Waals surface area contributed by atoms with Crippen LogP contribution in [0, 0.1) is 11.3 Å². The minimum absolute atomic E-state index is 0.105. The predicted molar refractivity (Wildman–Crippen MR) is 119 cm³/mol. The van der Waals surface area contributed by atoms with Gasteiger partial charge in [-0.2, -0.15) is 10.2 Å². The number of nitriles is 1. The molecule has 1 atom stereocenters. The summed E-state index contributed by atoms with van der Waals surface area (Å²) in [7, 11) is 0. The Morgan fingerprint density at radius 2 is 2.03 bits per heavy atom. The van der Waals surface area contributed by atoms with E-state index in [1.807, 2.05) is 13.2 Å². The number of carbonyl (C=O) groups excluding carboxylic acids is 1. The number of ether oxygens (including phenoxy) is 1. The highest BCUT2D eigenvalue weighted by molar-refractivity contribution is 7.98. The molecule has 0 aliphatic carbocycles. The van der Waals surface area contributed by atoms with Crippen molar-refractivity contribution in [1.29, 1.82) is 5.26 Å². The summed E-state index contributed by atoms with van der Waals surface area (Å²) in [6, 6.07) is 14.3. The zero-order valence-electron chi connectivity index (χ0n) is 16.9. The minimum atomic E-state index is -0.792. The number of anilines is 1. The molecule has 31 heavy (non-hydrogen) atoms. The van der Waals surface area contributed by atoms with E-state index in [0.717, 1.165) is 0 Å². The molecule has 0 fully saturated rings. The average Bonchev–Trinajstić information content (AvgIpc) is 2.93. The number of hydrogen-bond donors (Lipinski definition) is 0. The van der Waals surface area contributed by atoms with Crippen molar-refractivity contribution in [1.82, 2.24) is 15.2 Å². The number of rotatable bonds is 4. The highest BCUT2D eigenvalue weighted by Gasteiger charge is 2.35. The lowest BCUT2D eigenvalue weighted by atomic mass is 10.1. The first kappa shape index (κ1) is 21.1. The summed E-state index contributed by atoms with van der Waals surface area (Å²) in [6.07, 6.45) is 2.07. The second-order valence-corrected chi connectivity index (χ2v) is 8.04. The van der Waals surface area contributed by atoms with Crippen LogP contribution in [0.4, 0.5) is 5.69 Å². The fourth-order valence-electron chi connectivity index (χ4n) is 3.37. The van der Waals surface area contributed by atoms with Crippen LogP contribution in [0.5, 0.6) is 5.88 Å². The van der Waals surface area contributed by atoms with Gasteiger partial charge in [0.2, 0.25) is 23.2 Å². The number of hydrogen-bond acceptors (Lipinski definition) is 7. The van der Waals surface area contributed by atoms with Crippen LogP contribution in [-0.4, -0.2) is 27.3 Å². The van der Waals surface area contributed by atoms with Crippen molar-refractivity contribution >= 4 is 35.0 Å². The van der Waals surface area contributed by atoms with E-state index in [2.05, 4.69) is 21.3 Å². The lowest BCUT2D eigenvalue weighted by molar-refractivity contribution is -0.120. The summed E-state index contributed by atoms with van der Waals surface area (Å²) in [4.78, 5) is 19.4. The molecule has 0 unspecified atom stereocenters. The summed E-state index contributed by atoms with van der Waals surface area (Å²) in [5.41, 5.74) is 2.88. The van der Waals surface area contributed by atoms with Gasteiger partial charge in [-0.15, -0.1) is 10.2 Å². The molecule has 9 heteroatoms. The van der Waals surface area contributed by atoms with E-state index in [0.29, 0.717) is 51.1 Å². The first-order chi connectivity index (χ1) is 15.0. The maximum Gasteiger partial charge on any atom is 0.247 e.